The van der Waals surface area contributed by atoms with E-state index in [4.69, 9.17) is 4.52 Å². The van der Waals surface area contributed by atoms with Crippen molar-refractivity contribution in [3.05, 3.63) is 5.89 Å². The van der Waals surface area contributed by atoms with Crippen molar-refractivity contribution in [3.8, 4) is 0 Å². The Labute approximate surface area is 115 Å². The molecule has 1 N–H and O–H groups in total. The number of aryl methyl sites for hydroxylation is 1. The van der Waals surface area contributed by atoms with E-state index in [2.05, 4.69) is 46.2 Å². The molecule has 0 spiro atoms. The first-order valence-electron chi connectivity index (χ1n) is 7.18. The van der Waals surface area contributed by atoms with Crippen LogP contribution < -0.4 is 10.2 Å². The van der Waals surface area contributed by atoms with E-state index >= 15 is 0 Å². The van der Waals surface area contributed by atoms with Crippen molar-refractivity contribution in [2.45, 2.75) is 32.7 Å². The maximum Gasteiger partial charge on any atom is 0.266 e. The molecule has 1 fully saturated rings. The third-order valence-corrected chi connectivity index (χ3v) is 3.59. The van der Waals surface area contributed by atoms with Gasteiger partial charge in [0.1, 0.15) is 0 Å². The second-order valence-corrected chi connectivity index (χ2v) is 5.28. The van der Waals surface area contributed by atoms with Crippen molar-refractivity contribution >= 4 is 5.95 Å². The molecular formula is C13H25N5O. The van der Waals surface area contributed by atoms with Gasteiger partial charge in [-0.2, -0.15) is 4.98 Å². The fourth-order valence-corrected chi connectivity index (χ4v) is 2.27. The van der Waals surface area contributed by atoms with E-state index in [1.807, 2.05) is 0 Å². The van der Waals surface area contributed by atoms with E-state index in [9.17, 15) is 0 Å². The quantitative estimate of drug-likeness (QED) is 0.821. The predicted molar refractivity (Wildman–Crippen MR) is 75.5 cm³/mol. The van der Waals surface area contributed by atoms with Crippen LogP contribution in [0.2, 0.25) is 0 Å². The summed E-state index contributed by atoms with van der Waals surface area (Å²) in [6.07, 6.45) is 1.87. The van der Waals surface area contributed by atoms with Gasteiger partial charge >= 0.3 is 0 Å². The van der Waals surface area contributed by atoms with Crippen LogP contribution in [0.25, 0.3) is 0 Å². The van der Waals surface area contributed by atoms with Gasteiger partial charge in [0.2, 0.25) is 5.89 Å². The van der Waals surface area contributed by atoms with E-state index in [1.165, 1.54) is 0 Å². The minimum absolute atomic E-state index is 0.490. The third-order valence-electron chi connectivity index (χ3n) is 3.59. The van der Waals surface area contributed by atoms with Crippen LogP contribution in [0.15, 0.2) is 4.52 Å². The van der Waals surface area contributed by atoms with Gasteiger partial charge in [-0.05, 0) is 32.1 Å². The van der Waals surface area contributed by atoms with Crippen LogP contribution in [0.5, 0.6) is 0 Å². The van der Waals surface area contributed by atoms with Crippen LogP contribution in [0, 0.1) is 0 Å². The molecule has 1 aromatic rings. The van der Waals surface area contributed by atoms with Gasteiger partial charge in [0.05, 0.1) is 0 Å². The molecule has 1 aliphatic rings. The van der Waals surface area contributed by atoms with Gasteiger partial charge in [-0.25, -0.2) is 0 Å². The molecule has 0 saturated carbocycles. The molecule has 1 saturated heterocycles. The Bertz CT molecular complexity index is 373. The summed E-state index contributed by atoms with van der Waals surface area (Å²) in [4.78, 5) is 9.00. The van der Waals surface area contributed by atoms with Crippen LogP contribution in [-0.2, 0) is 6.42 Å². The standard InChI is InChI=1S/C13H25N5O/c1-4-14-11(2)5-6-12-15-13(16-19-12)18-9-7-17(3)8-10-18/h11,14H,4-10H2,1-3H3. The molecule has 6 nitrogen and oxygen atoms in total. The number of anilines is 1. The Hall–Kier alpha value is -1.14. The van der Waals surface area contributed by atoms with Gasteiger partial charge in [-0.3, -0.25) is 0 Å². The summed E-state index contributed by atoms with van der Waals surface area (Å²) in [7, 11) is 2.14. The minimum atomic E-state index is 0.490. The van der Waals surface area contributed by atoms with Crippen molar-refractivity contribution in [1.29, 1.82) is 0 Å². The molecule has 0 radical (unpaired) electrons. The summed E-state index contributed by atoms with van der Waals surface area (Å²) in [5.41, 5.74) is 0. The van der Waals surface area contributed by atoms with Crippen molar-refractivity contribution in [1.82, 2.24) is 20.4 Å². The average molecular weight is 267 g/mol. The first kappa shape index (κ1) is 14.3. The summed E-state index contributed by atoms with van der Waals surface area (Å²) in [5.74, 6) is 1.50. The zero-order valence-corrected chi connectivity index (χ0v) is 12.2. The number of nitrogens with zero attached hydrogens (tertiary/aromatic N) is 4. The molecule has 0 amide bonds. The molecule has 2 heterocycles. The number of piperazine rings is 1. The first-order chi connectivity index (χ1) is 9.19. The summed E-state index contributed by atoms with van der Waals surface area (Å²) in [6.45, 7) is 9.36. The number of aromatic nitrogens is 2. The Morgan fingerprint density at radius 1 is 1.32 bits per heavy atom. The monoisotopic (exact) mass is 267 g/mol. The summed E-state index contributed by atoms with van der Waals surface area (Å²) in [5, 5.41) is 7.47. The largest absolute Gasteiger partial charge is 0.337 e. The van der Waals surface area contributed by atoms with E-state index in [1.54, 1.807) is 0 Å². The summed E-state index contributed by atoms with van der Waals surface area (Å²) >= 11 is 0. The van der Waals surface area contributed by atoms with Crippen molar-refractivity contribution in [3.63, 3.8) is 0 Å². The molecule has 1 atom stereocenters. The van der Waals surface area contributed by atoms with Crippen LogP contribution in [0.1, 0.15) is 26.2 Å². The highest BCUT2D eigenvalue weighted by atomic mass is 16.5. The van der Waals surface area contributed by atoms with Gasteiger partial charge in [0.25, 0.3) is 5.95 Å². The molecule has 2 rings (SSSR count). The Balaban J connectivity index is 1.81. The highest BCUT2D eigenvalue weighted by Gasteiger charge is 2.19. The molecule has 1 aromatic heterocycles. The molecule has 0 bridgehead atoms. The fraction of sp³-hybridized carbons (Fsp3) is 0.846. The first-order valence-corrected chi connectivity index (χ1v) is 7.18. The number of hydrogen-bond acceptors (Lipinski definition) is 6. The van der Waals surface area contributed by atoms with E-state index in [0.29, 0.717) is 6.04 Å². The number of hydrogen-bond donors (Lipinski definition) is 1. The van der Waals surface area contributed by atoms with Crippen LogP contribution in [0.3, 0.4) is 0 Å². The fourth-order valence-electron chi connectivity index (χ4n) is 2.27. The Morgan fingerprint density at radius 2 is 2.05 bits per heavy atom. The van der Waals surface area contributed by atoms with Crippen molar-refractivity contribution in [2.24, 2.45) is 0 Å². The highest BCUT2D eigenvalue weighted by molar-refractivity contribution is 5.28. The van der Waals surface area contributed by atoms with Crippen LogP contribution in [-0.4, -0.2) is 60.9 Å². The second-order valence-electron chi connectivity index (χ2n) is 5.28. The normalized spacial score (nSPS) is 18.8. The maximum atomic E-state index is 5.33. The lowest BCUT2D eigenvalue weighted by Crippen LogP contribution is -2.44. The summed E-state index contributed by atoms with van der Waals surface area (Å²) in [6, 6.07) is 0.490. The Morgan fingerprint density at radius 3 is 2.74 bits per heavy atom. The number of nitrogens with one attached hydrogen (secondary N) is 1. The lowest BCUT2D eigenvalue weighted by atomic mass is 10.2. The topological polar surface area (TPSA) is 57.4 Å². The van der Waals surface area contributed by atoms with Gasteiger partial charge in [-0.15, -0.1) is 0 Å². The molecule has 0 aromatic carbocycles. The average Bonchev–Trinajstić information content (AvgIpc) is 2.86. The third kappa shape index (κ3) is 4.18. The van der Waals surface area contributed by atoms with Gasteiger partial charge in [0.15, 0.2) is 0 Å². The highest BCUT2D eigenvalue weighted by Crippen LogP contribution is 2.13. The molecule has 6 heteroatoms. The predicted octanol–water partition coefficient (Wildman–Crippen LogP) is 0.752. The zero-order valence-electron chi connectivity index (χ0n) is 12.2. The molecule has 1 aliphatic heterocycles. The lowest BCUT2D eigenvalue weighted by Gasteiger charge is -2.31. The van der Waals surface area contributed by atoms with Gasteiger partial charge in [0, 0.05) is 38.6 Å². The van der Waals surface area contributed by atoms with Crippen LogP contribution >= 0.6 is 0 Å². The smallest absolute Gasteiger partial charge is 0.266 e. The van der Waals surface area contributed by atoms with E-state index in [-0.39, 0.29) is 0 Å². The minimum Gasteiger partial charge on any atom is -0.337 e. The SMILES string of the molecule is CCNC(C)CCc1nc(N2CCN(C)CC2)no1. The molecule has 1 unspecified atom stereocenters. The number of likely N-dealkylation sites (N-methyl/N-ethyl adjacent to an activating group) is 1. The lowest BCUT2D eigenvalue weighted by molar-refractivity contribution is 0.308. The summed E-state index contributed by atoms with van der Waals surface area (Å²) < 4.78 is 5.33. The maximum absolute atomic E-state index is 5.33. The van der Waals surface area contributed by atoms with Gasteiger partial charge < -0.3 is 19.6 Å². The van der Waals surface area contributed by atoms with E-state index in [0.717, 1.165) is 57.4 Å². The van der Waals surface area contributed by atoms with Crippen LogP contribution in [0.4, 0.5) is 5.95 Å². The van der Waals surface area contributed by atoms with Crippen molar-refractivity contribution in [2.75, 3.05) is 44.7 Å². The Kier molecular flexibility index (Phi) is 5.15. The number of rotatable bonds is 6. The molecule has 0 aliphatic carbocycles. The molecule has 19 heavy (non-hydrogen) atoms. The second kappa shape index (κ2) is 6.86. The van der Waals surface area contributed by atoms with E-state index < -0.39 is 0 Å². The van der Waals surface area contributed by atoms with Gasteiger partial charge in [-0.1, -0.05) is 6.92 Å². The molecule has 108 valence electrons. The zero-order chi connectivity index (χ0) is 13.7. The molecular weight excluding hydrogens is 242 g/mol. The van der Waals surface area contributed by atoms with Crippen molar-refractivity contribution < 1.29 is 4.52 Å².